The van der Waals surface area contributed by atoms with Crippen LogP contribution in [0.4, 0.5) is 11.4 Å². The van der Waals surface area contributed by atoms with Gasteiger partial charge < -0.3 is 24.4 Å². The smallest absolute Gasteiger partial charge is 0.262 e. The van der Waals surface area contributed by atoms with Crippen molar-refractivity contribution >= 4 is 52.1 Å². The molecule has 2 heterocycles. The number of ether oxygens (including phenoxy) is 3. The van der Waals surface area contributed by atoms with E-state index in [1.807, 2.05) is 54.6 Å². The normalized spacial score (nSPS) is 21.1. The molecule has 2 aliphatic rings. The fraction of sp³-hybridized carbons (Fsp3) is 0.406. The summed E-state index contributed by atoms with van der Waals surface area (Å²) in [7, 11) is 0. The molecule has 0 aromatic heterocycles. The van der Waals surface area contributed by atoms with Crippen LogP contribution in [0.25, 0.3) is 0 Å². The van der Waals surface area contributed by atoms with Gasteiger partial charge in [-0.3, -0.25) is 4.79 Å². The van der Waals surface area contributed by atoms with Gasteiger partial charge in [0.05, 0.1) is 46.7 Å². The number of carbonyl (C=O) groups is 1. The predicted octanol–water partition coefficient (Wildman–Crippen LogP) is 8.02. The van der Waals surface area contributed by atoms with E-state index in [1.165, 1.54) is 0 Å². The van der Waals surface area contributed by atoms with Crippen molar-refractivity contribution in [3.8, 4) is 5.75 Å². The van der Waals surface area contributed by atoms with Gasteiger partial charge in [-0.15, -0.1) is 0 Å². The van der Waals surface area contributed by atoms with Crippen LogP contribution in [0.15, 0.2) is 60.7 Å². The maximum Gasteiger partial charge on any atom is 0.262 e. The molecule has 9 heteroatoms. The van der Waals surface area contributed by atoms with E-state index in [1.54, 1.807) is 6.07 Å². The van der Waals surface area contributed by atoms with E-state index >= 15 is 0 Å². The summed E-state index contributed by atoms with van der Waals surface area (Å²) in [4.78, 5) is 14.7. The van der Waals surface area contributed by atoms with Gasteiger partial charge in [-0.25, -0.2) is 0 Å². The van der Waals surface area contributed by atoms with Crippen molar-refractivity contribution in [2.45, 2.75) is 32.3 Å². The molecular formula is C32H35Cl3N2O4. The van der Waals surface area contributed by atoms with Gasteiger partial charge >= 0.3 is 0 Å². The number of anilines is 2. The second-order valence-electron chi connectivity index (χ2n) is 10.9. The Morgan fingerprint density at radius 3 is 2.37 bits per heavy atom. The van der Waals surface area contributed by atoms with E-state index in [-0.39, 0.29) is 24.5 Å². The highest BCUT2D eigenvalue weighted by Crippen LogP contribution is 2.44. The number of carbonyl (C=O) groups excluding carboxylic acids is 1. The van der Waals surface area contributed by atoms with Crippen LogP contribution >= 0.6 is 34.8 Å². The predicted molar refractivity (Wildman–Crippen MR) is 166 cm³/mol. The molecule has 0 saturated carbocycles. The van der Waals surface area contributed by atoms with Crippen LogP contribution in [0.1, 0.15) is 43.4 Å². The minimum atomic E-state index is -0.256. The minimum Gasteiger partial charge on any atom is -0.484 e. The molecule has 0 radical (unpaired) electrons. The molecule has 1 N–H and O–H groups in total. The van der Waals surface area contributed by atoms with Gasteiger partial charge in [0.2, 0.25) is 0 Å². The molecule has 5 rings (SSSR count). The van der Waals surface area contributed by atoms with Crippen LogP contribution in [0, 0.1) is 11.8 Å². The molecule has 0 bridgehead atoms. The van der Waals surface area contributed by atoms with E-state index in [2.05, 4.69) is 24.1 Å². The van der Waals surface area contributed by atoms with Gasteiger partial charge in [-0.1, -0.05) is 66.8 Å². The summed E-state index contributed by atoms with van der Waals surface area (Å²) in [5.74, 6) is 1.40. The van der Waals surface area contributed by atoms with Crippen molar-refractivity contribution < 1.29 is 19.0 Å². The molecular weight excluding hydrogens is 583 g/mol. The third-order valence-electron chi connectivity index (χ3n) is 7.86. The number of rotatable bonds is 8. The molecule has 6 nitrogen and oxygen atoms in total. The van der Waals surface area contributed by atoms with Crippen molar-refractivity contribution in [2.75, 3.05) is 49.7 Å². The molecule has 3 atom stereocenters. The van der Waals surface area contributed by atoms with E-state index in [9.17, 15) is 4.79 Å². The Balaban J connectivity index is 1.15. The zero-order valence-corrected chi connectivity index (χ0v) is 25.5. The molecule has 3 aromatic carbocycles. The summed E-state index contributed by atoms with van der Waals surface area (Å²) in [5, 5.41) is 4.59. The summed E-state index contributed by atoms with van der Waals surface area (Å²) in [6, 6.07) is 19.2. The quantitative estimate of drug-likeness (QED) is 0.277. The molecule has 2 saturated heterocycles. The van der Waals surface area contributed by atoms with E-state index in [4.69, 9.17) is 49.0 Å². The highest BCUT2D eigenvalue weighted by atomic mass is 35.5. The van der Waals surface area contributed by atoms with Crippen molar-refractivity contribution in [3.63, 3.8) is 0 Å². The number of hydrogen-bond acceptors (Lipinski definition) is 5. The summed E-state index contributed by atoms with van der Waals surface area (Å²) >= 11 is 18.9. The monoisotopic (exact) mass is 616 g/mol. The largest absolute Gasteiger partial charge is 0.484 e. The van der Waals surface area contributed by atoms with Gasteiger partial charge in [0.25, 0.3) is 5.91 Å². The Hall–Kier alpha value is -2.48. The SMILES string of the molecule is CC(C)[C@@H]1C[C@H](c2ccc(Cl)c(Cl)c2)CO[C@H]1c1ccc(OCC(=O)Nc2ccc(N3CCOCC3)c(Cl)c2)cc1. The average molecular weight is 618 g/mol. The zero-order chi connectivity index (χ0) is 28.9. The number of nitrogens with one attached hydrogen (secondary N) is 1. The summed E-state index contributed by atoms with van der Waals surface area (Å²) in [6.07, 6.45) is 0.979. The fourth-order valence-electron chi connectivity index (χ4n) is 5.57. The van der Waals surface area contributed by atoms with Crippen LogP contribution < -0.4 is 15.0 Å². The molecule has 0 unspecified atom stereocenters. The summed E-state index contributed by atoms with van der Waals surface area (Å²) < 4.78 is 17.6. The zero-order valence-electron chi connectivity index (χ0n) is 23.2. The van der Waals surface area contributed by atoms with Crippen LogP contribution in [0.5, 0.6) is 5.75 Å². The van der Waals surface area contributed by atoms with Gasteiger partial charge in [0.1, 0.15) is 5.75 Å². The summed E-state index contributed by atoms with van der Waals surface area (Å²) in [5.41, 5.74) is 3.82. The Kier molecular flexibility index (Phi) is 9.99. The highest BCUT2D eigenvalue weighted by molar-refractivity contribution is 6.42. The maximum absolute atomic E-state index is 12.6. The first kappa shape index (κ1) is 30.0. The van der Waals surface area contributed by atoms with Crippen LogP contribution in [0.3, 0.4) is 0 Å². The van der Waals surface area contributed by atoms with E-state index < -0.39 is 0 Å². The lowest BCUT2D eigenvalue weighted by Crippen LogP contribution is -2.36. The second-order valence-corrected chi connectivity index (χ2v) is 12.2. The first-order valence-electron chi connectivity index (χ1n) is 14.0. The topological polar surface area (TPSA) is 60.0 Å². The minimum absolute atomic E-state index is 0.0171. The third-order valence-corrected chi connectivity index (χ3v) is 8.90. The van der Waals surface area contributed by atoms with Gasteiger partial charge in [-0.2, -0.15) is 0 Å². The standard InChI is InChI=1S/C32H35Cl3N2O4/c1-20(2)26-15-23(22-5-9-27(33)28(34)16-22)18-41-32(26)21-3-7-25(8-4-21)40-19-31(38)36-24-6-10-30(29(35)17-24)37-11-13-39-14-12-37/h3-10,16-17,20,23,26,32H,11-15,18-19H2,1-2H3,(H,36,38)/t23-,26-,32-/m0/s1. The van der Waals surface area contributed by atoms with Gasteiger partial charge in [-0.05, 0) is 71.8 Å². The van der Waals surface area contributed by atoms with Gasteiger partial charge in [0, 0.05) is 24.7 Å². The van der Waals surface area contributed by atoms with Crippen molar-refractivity contribution in [3.05, 3.63) is 86.9 Å². The van der Waals surface area contributed by atoms with E-state index in [0.29, 0.717) is 58.2 Å². The molecule has 2 aliphatic heterocycles. The van der Waals surface area contributed by atoms with Crippen molar-refractivity contribution in [1.29, 1.82) is 0 Å². The number of hydrogen-bond donors (Lipinski definition) is 1. The lowest BCUT2D eigenvalue weighted by Gasteiger charge is -2.39. The molecule has 3 aromatic rings. The van der Waals surface area contributed by atoms with Crippen molar-refractivity contribution in [2.24, 2.45) is 11.8 Å². The Labute approximate surface area is 256 Å². The number of benzene rings is 3. The maximum atomic E-state index is 12.6. The number of morpholine rings is 1. The second kappa shape index (κ2) is 13.7. The Bertz CT molecular complexity index is 1350. The Morgan fingerprint density at radius 2 is 1.68 bits per heavy atom. The molecule has 218 valence electrons. The Morgan fingerprint density at radius 1 is 0.951 bits per heavy atom. The highest BCUT2D eigenvalue weighted by Gasteiger charge is 2.35. The molecule has 1 amide bonds. The molecule has 0 spiro atoms. The van der Waals surface area contributed by atoms with Crippen LogP contribution in [-0.2, 0) is 14.3 Å². The molecule has 2 fully saturated rings. The third kappa shape index (κ3) is 7.49. The first-order valence-corrected chi connectivity index (χ1v) is 15.1. The van der Waals surface area contributed by atoms with E-state index in [0.717, 1.165) is 36.3 Å². The van der Waals surface area contributed by atoms with Crippen LogP contribution in [0.2, 0.25) is 15.1 Å². The summed E-state index contributed by atoms with van der Waals surface area (Å²) in [6.45, 7) is 7.92. The van der Waals surface area contributed by atoms with Crippen molar-refractivity contribution in [1.82, 2.24) is 0 Å². The number of halogens is 3. The molecule has 41 heavy (non-hydrogen) atoms. The number of nitrogens with zero attached hydrogens (tertiary/aromatic N) is 1. The lowest BCUT2D eigenvalue weighted by atomic mass is 9.76. The average Bonchev–Trinajstić information content (AvgIpc) is 2.98. The van der Waals surface area contributed by atoms with Crippen LogP contribution in [-0.4, -0.2) is 45.4 Å². The first-order chi connectivity index (χ1) is 19.8. The van der Waals surface area contributed by atoms with Gasteiger partial charge in [0.15, 0.2) is 6.61 Å². The molecule has 0 aliphatic carbocycles. The fourth-order valence-corrected chi connectivity index (χ4v) is 6.18. The lowest BCUT2D eigenvalue weighted by molar-refractivity contribution is -0.118. The number of amides is 1.